The van der Waals surface area contributed by atoms with Crippen LogP contribution < -0.4 is 10.6 Å². The van der Waals surface area contributed by atoms with Crippen molar-refractivity contribution >= 4 is 18.3 Å². The summed E-state index contributed by atoms with van der Waals surface area (Å²) < 4.78 is 0. The van der Waals surface area contributed by atoms with E-state index < -0.39 is 0 Å². The number of rotatable bonds is 2. The van der Waals surface area contributed by atoms with E-state index >= 15 is 0 Å². The number of carbonyl (C=O) groups is 1. The van der Waals surface area contributed by atoms with E-state index in [0.717, 1.165) is 45.2 Å². The zero-order chi connectivity index (χ0) is 13.1. The van der Waals surface area contributed by atoms with Gasteiger partial charge in [0.25, 0.3) is 0 Å². The number of nitrogens with one attached hydrogen (secondary N) is 2. The van der Waals surface area contributed by atoms with E-state index in [9.17, 15) is 4.79 Å². The van der Waals surface area contributed by atoms with E-state index in [1.807, 2.05) is 6.07 Å². The Morgan fingerprint density at radius 2 is 2.05 bits per heavy atom. The molecule has 3 nitrogen and oxygen atoms in total. The quantitative estimate of drug-likeness (QED) is 0.879. The van der Waals surface area contributed by atoms with Gasteiger partial charge in [0.1, 0.15) is 0 Å². The number of piperidine rings is 1. The summed E-state index contributed by atoms with van der Waals surface area (Å²) >= 11 is 0. The smallest absolute Gasteiger partial charge is 0.227 e. The van der Waals surface area contributed by atoms with Gasteiger partial charge in [-0.3, -0.25) is 4.79 Å². The molecule has 20 heavy (non-hydrogen) atoms. The molecule has 3 rings (SSSR count). The molecule has 2 N–H and O–H groups in total. The monoisotopic (exact) mass is 294 g/mol. The van der Waals surface area contributed by atoms with Crippen LogP contribution in [0.15, 0.2) is 24.3 Å². The first-order chi connectivity index (χ1) is 9.34. The van der Waals surface area contributed by atoms with Gasteiger partial charge in [-0.2, -0.15) is 0 Å². The van der Waals surface area contributed by atoms with Gasteiger partial charge >= 0.3 is 0 Å². The second kappa shape index (κ2) is 7.09. The third-order valence-electron chi connectivity index (χ3n) is 4.33. The number of aryl methyl sites for hydroxylation is 1. The maximum atomic E-state index is 12.5. The molecule has 1 heterocycles. The summed E-state index contributed by atoms with van der Waals surface area (Å²) in [5.41, 5.74) is 2.60. The minimum Gasteiger partial charge on any atom is -0.352 e. The maximum absolute atomic E-state index is 12.5. The molecule has 0 aromatic heterocycles. The summed E-state index contributed by atoms with van der Waals surface area (Å²) in [6.45, 7) is 2.00. The fourth-order valence-electron chi connectivity index (χ4n) is 3.30. The molecule has 4 heteroatoms. The Hall–Kier alpha value is -1.06. The first kappa shape index (κ1) is 15.3. The SMILES string of the molecule is Cl.O=C(N[C@@H]1CCCNC1)C1CCCc2ccccc21. The van der Waals surface area contributed by atoms with Crippen molar-refractivity contribution in [2.45, 2.75) is 44.1 Å². The minimum absolute atomic E-state index is 0. The number of halogens is 1. The van der Waals surface area contributed by atoms with Crippen LogP contribution >= 0.6 is 12.4 Å². The molecular weight excluding hydrogens is 272 g/mol. The van der Waals surface area contributed by atoms with Crippen LogP contribution in [0, 0.1) is 0 Å². The minimum atomic E-state index is 0. The van der Waals surface area contributed by atoms with E-state index in [1.54, 1.807) is 0 Å². The van der Waals surface area contributed by atoms with Crippen molar-refractivity contribution in [3.8, 4) is 0 Å². The highest BCUT2D eigenvalue weighted by atomic mass is 35.5. The molecule has 0 bridgehead atoms. The first-order valence-corrected chi connectivity index (χ1v) is 7.43. The van der Waals surface area contributed by atoms with Crippen molar-refractivity contribution < 1.29 is 4.79 Å². The molecule has 1 amide bonds. The summed E-state index contributed by atoms with van der Waals surface area (Å²) in [5, 5.41) is 6.58. The molecule has 1 saturated heterocycles. The lowest BCUT2D eigenvalue weighted by atomic mass is 9.82. The number of amides is 1. The lowest BCUT2D eigenvalue weighted by Gasteiger charge is -2.29. The molecule has 110 valence electrons. The van der Waals surface area contributed by atoms with Crippen LogP contribution in [-0.2, 0) is 11.2 Å². The Labute approximate surface area is 126 Å². The highest BCUT2D eigenvalue weighted by Crippen LogP contribution is 2.31. The van der Waals surface area contributed by atoms with Gasteiger partial charge in [-0.1, -0.05) is 24.3 Å². The highest BCUT2D eigenvalue weighted by molar-refractivity contribution is 5.85. The fourth-order valence-corrected chi connectivity index (χ4v) is 3.30. The van der Waals surface area contributed by atoms with Crippen molar-refractivity contribution in [2.75, 3.05) is 13.1 Å². The van der Waals surface area contributed by atoms with Crippen LogP contribution in [0.3, 0.4) is 0 Å². The van der Waals surface area contributed by atoms with Crippen LogP contribution in [-0.4, -0.2) is 25.0 Å². The van der Waals surface area contributed by atoms with Gasteiger partial charge in [0.2, 0.25) is 5.91 Å². The summed E-state index contributed by atoms with van der Waals surface area (Å²) in [7, 11) is 0. The van der Waals surface area contributed by atoms with Crippen molar-refractivity contribution in [2.24, 2.45) is 0 Å². The summed E-state index contributed by atoms with van der Waals surface area (Å²) in [5.74, 6) is 0.285. The van der Waals surface area contributed by atoms with E-state index in [2.05, 4.69) is 28.8 Å². The van der Waals surface area contributed by atoms with E-state index in [-0.39, 0.29) is 24.2 Å². The summed E-state index contributed by atoms with van der Waals surface area (Å²) in [6.07, 6.45) is 5.49. The molecule has 1 aromatic rings. The first-order valence-electron chi connectivity index (χ1n) is 7.43. The highest BCUT2D eigenvalue weighted by Gasteiger charge is 2.27. The van der Waals surface area contributed by atoms with Gasteiger partial charge < -0.3 is 10.6 Å². The van der Waals surface area contributed by atoms with Crippen LogP contribution in [0.5, 0.6) is 0 Å². The van der Waals surface area contributed by atoms with Crippen molar-refractivity contribution in [1.29, 1.82) is 0 Å². The van der Waals surface area contributed by atoms with Gasteiger partial charge in [-0.15, -0.1) is 12.4 Å². The van der Waals surface area contributed by atoms with Gasteiger partial charge in [-0.25, -0.2) is 0 Å². The molecule has 1 aromatic carbocycles. The molecule has 1 fully saturated rings. The third-order valence-corrected chi connectivity index (χ3v) is 4.33. The van der Waals surface area contributed by atoms with Gasteiger partial charge in [0.05, 0.1) is 5.92 Å². The lowest BCUT2D eigenvalue weighted by Crippen LogP contribution is -2.47. The number of hydrogen-bond acceptors (Lipinski definition) is 2. The van der Waals surface area contributed by atoms with E-state index in [4.69, 9.17) is 0 Å². The molecule has 1 aliphatic carbocycles. The van der Waals surface area contributed by atoms with Crippen LogP contribution in [0.2, 0.25) is 0 Å². The molecule has 2 atom stereocenters. The second-order valence-electron chi connectivity index (χ2n) is 5.70. The fraction of sp³-hybridized carbons (Fsp3) is 0.562. The number of benzene rings is 1. The van der Waals surface area contributed by atoms with E-state index in [0.29, 0.717) is 6.04 Å². The Balaban J connectivity index is 0.00000147. The largest absolute Gasteiger partial charge is 0.352 e. The standard InChI is InChI=1S/C16H22N2O.ClH/c19-16(18-13-7-4-10-17-11-13)15-9-3-6-12-5-1-2-8-14(12)15;/h1-2,5,8,13,15,17H,3-4,6-7,9-11H2,(H,18,19);1H/t13-,15?;/m1./s1. The Kier molecular flexibility index (Phi) is 5.44. The van der Waals surface area contributed by atoms with Gasteiger partial charge in [0, 0.05) is 12.6 Å². The summed E-state index contributed by atoms with van der Waals surface area (Å²) in [6, 6.07) is 8.72. The number of hydrogen-bond donors (Lipinski definition) is 2. The molecule has 1 unspecified atom stereocenters. The summed E-state index contributed by atoms with van der Waals surface area (Å²) in [4.78, 5) is 12.5. The average Bonchev–Trinajstić information content (AvgIpc) is 2.47. The Morgan fingerprint density at radius 1 is 1.20 bits per heavy atom. The molecule has 0 radical (unpaired) electrons. The van der Waals surface area contributed by atoms with Crippen LogP contribution in [0.25, 0.3) is 0 Å². The number of carbonyl (C=O) groups excluding carboxylic acids is 1. The van der Waals surface area contributed by atoms with Gasteiger partial charge in [-0.05, 0) is 49.8 Å². The van der Waals surface area contributed by atoms with Crippen molar-refractivity contribution in [3.05, 3.63) is 35.4 Å². The number of fused-ring (bicyclic) bond motifs is 1. The van der Waals surface area contributed by atoms with Crippen molar-refractivity contribution in [3.63, 3.8) is 0 Å². The lowest BCUT2D eigenvalue weighted by molar-refractivity contribution is -0.123. The van der Waals surface area contributed by atoms with Gasteiger partial charge in [0.15, 0.2) is 0 Å². The zero-order valence-electron chi connectivity index (χ0n) is 11.7. The predicted octanol–water partition coefficient (Wildman–Crippen LogP) is 2.40. The topological polar surface area (TPSA) is 41.1 Å². The Morgan fingerprint density at radius 3 is 2.85 bits per heavy atom. The molecule has 1 aliphatic heterocycles. The molecule has 0 spiro atoms. The Bertz CT molecular complexity index is 458. The predicted molar refractivity (Wildman–Crippen MR) is 83.4 cm³/mol. The zero-order valence-corrected chi connectivity index (χ0v) is 12.5. The second-order valence-corrected chi connectivity index (χ2v) is 5.70. The van der Waals surface area contributed by atoms with Crippen molar-refractivity contribution in [1.82, 2.24) is 10.6 Å². The van der Waals surface area contributed by atoms with E-state index in [1.165, 1.54) is 11.1 Å². The normalized spacial score (nSPS) is 25.2. The van der Waals surface area contributed by atoms with Crippen LogP contribution in [0.1, 0.15) is 42.7 Å². The molecule has 0 saturated carbocycles. The molecule has 2 aliphatic rings. The third kappa shape index (κ3) is 3.33. The average molecular weight is 295 g/mol. The molecular formula is C16H23ClN2O. The van der Waals surface area contributed by atoms with Crippen LogP contribution in [0.4, 0.5) is 0 Å². The maximum Gasteiger partial charge on any atom is 0.227 e.